The van der Waals surface area contributed by atoms with Crippen LogP contribution in [0.2, 0.25) is 0 Å². The number of likely N-dealkylation sites (N-methyl/N-ethyl adjacent to an activating group) is 1. The van der Waals surface area contributed by atoms with Crippen molar-refractivity contribution in [2.45, 2.75) is 12.5 Å². The molecule has 1 heterocycles. The van der Waals surface area contributed by atoms with Crippen molar-refractivity contribution in [2.24, 2.45) is 0 Å². The number of carbonyl (C=O) groups excluding carboxylic acids is 1. The Kier molecular flexibility index (Phi) is 5.01. The summed E-state index contributed by atoms with van der Waals surface area (Å²) < 4.78 is 5.30. The number of amides is 1. The lowest BCUT2D eigenvalue weighted by molar-refractivity contribution is -0.154. The van der Waals surface area contributed by atoms with Crippen LogP contribution < -0.4 is 0 Å². The summed E-state index contributed by atoms with van der Waals surface area (Å²) in [6.45, 7) is 2.82. The minimum absolute atomic E-state index is 0.00206. The van der Waals surface area contributed by atoms with Crippen molar-refractivity contribution in [1.82, 2.24) is 9.80 Å². The monoisotopic (exact) mass is 216 g/mol. The van der Waals surface area contributed by atoms with Crippen LogP contribution in [-0.4, -0.2) is 73.9 Å². The Morgan fingerprint density at radius 1 is 1.60 bits per heavy atom. The van der Waals surface area contributed by atoms with E-state index < -0.39 is 6.10 Å². The number of hydrogen-bond donors (Lipinski definition) is 1. The van der Waals surface area contributed by atoms with E-state index in [-0.39, 0.29) is 12.5 Å². The summed E-state index contributed by atoms with van der Waals surface area (Å²) >= 11 is 0. The second-order valence-electron chi connectivity index (χ2n) is 4.00. The minimum atomic E-state index is -0.439. The highest BCUT2D eigenvalue weighted by Crippen LogP contribution is 2.09. The molecule has 1 amide bonds. The highest BCUT2D eigenvalue weighted by Gasteiger charge is 2.28. The SMILES string of the molecule is CN(C)CCN1CCOC(CCO)C1=O. The van der Waals surface area contributed by atoms with E-state index in [4.69, 9.17) is 9.84 Å². The van der Waals surface area contributed by atoms with Gasteiger partial charge in [0.15, 0.2) is 0 Å². The Labute approximate surface area is 90.6 Å². The quantitative estimate of drug-likeness (QED) is 0.651. The zero-order valence-electron chi connectivity index (χ0n) is 9.48. The van der Waals surface area contributed by atoms with Crippen LogP contribution in [0.1, 0.15) is 6.42 Å². The first-order valence-electron chi connectivity index (χ1n) is 5.31. The summed E-state index contributed by atoms with van der Waals surface area (Å²) in [5, 5.41) is 8.78. The zero-order chi connectivity index (χ0) is 11.3. The third kappa shape index (κ3) is 3.77. The van der Waals surface area contributed by atoms with Crippen LogP contribution in [0.4, 0.5) is 0 Å². The number of morpholine rings is 1. The van der Waals surface area contributed by atoms with Gasteiger partial charge in [0.05, 0.1) is 6.61 Å². The lowest BCUT2D eigenvalue weighted by atomic mass is 10.2. The molecule has 0 aliphatic carbocycles. The van der Waals surface area contributed by atoms with Crippen molar-refractivity contribution < 1.29 is 14.6 Å². The maximum Gasteiger partial charge on any atom is 0.251 e. The van der Waals surface area contributed by atoms with Gasteiger partial charge in [0.25, 0.3) is 5.91 Å². The highest BCUT2D eigenvalue weighted by atomic mass is 16.5. The van der Waals surface area contributed by atoms with Crippen molar-refractivity contribution in [1.29, 1.82) is 0 Å². The van der Waals surface area contributed by atoms with Gasteiger partial charge in [-0.2, -0.15) is 0 Å². The Morgan fingerprint density at radius 3 is 2.93 bits per heavy atom. The molecule has 0 aromatic rings. The molecule has 0 spiro atoms. The molecule has 1 atom stereocenters. The average Bonchev–Trinajstić information content (AvgIpc) is 2.19. The number of hydrogen-bond acceptors (Lipinski definition) is 4. The van der Waals surface area contributed by atoms with Crippen molar-refractivity contribution in [2.75, 3.05) is 46.9 Å². The fraction of sp³-hybridized carbons (Fsp3) is 0.900. The smallest absolute Gasteiger partial charge is 0.251 e. The van der Waals surface area contributed by atoms with E-state index in [0.717, 1.165) is 13.1 Å². The molecule has 5 heteroatoms. The van der Waals surface area contributed by atoms with Gasteiger partial charge < -0.3 is 19.6 Å². The summed E-state index contributed by atoms with van der Waals surface area (Å²) in [5.74, 6) is 0.0113. The first-order chi connectivity index (χ1) is 7.15. The van der Waals surface area contributed by atoms with E-state index in [1.807, 2.05) is 23.9 Å². The zero-order valence-corrected chi connectivity index (χ0v) is 9.48. The number of rotatable bonds is 5. The van der Waals surface area contributed by atoms with Crippen LogP contribution >= 0.6 is 0 Å². The van der Waals surface area contributed by atoms with Gasteiger partial charge in [-0.3, -0.25) is 4.79 Å². The van der Waals surface area contributed by atoms with Crippen LogP contribution in [0.25, 0.3) is 0 Å². The van der Waals surface area contributed by atoms with Crippen LogP contribution in [0, 0.1) is 0 Å². The summed E-state index contributed by atoms with van der Waals surface area (Å²) in [5.41, 5.74) is 0. The van der Waals surface area contributed by atoms with E-state index in [1.165, 1.54) is 0 Å². The summed E-state index contributed by atoms with van der Waals surface area (Å²) in [6.07, 6.45) is -0.0389. The van der Waals surface area contributed by atoms with Gasteiger partial charge >= 0.3 is 0 Å². The standard InChI is InChI=1S/C10H20N2O3/c1-11(2)4-5-12-6-8-15-9(3-7-13)10(12)14/h9,13H,3-8H2,1-2H3. The molecule has 0 saturated carbocycles. The fourth-order valence-corrected chi connectivity index (χ4v) is 1.56. The lowest BCUT2D eigenvalue weighted by Gasteiger charge is -2.32. The van der Waals surface area contributed by atoms with Crippen molar-refractivity contribution in [3.63, 3.8) is 0 Å². The second kappa shape index (κ2) is 6.05. The number of aliphatic hydroxyl groups is 1. The molecule has 0 radical (unpaired) electrons. The Morgan fingerprint density at radius 2 is 2.33 bits per heavy atom. The molecule has 1 unspecified atom stereocenters. The van der Waals surface area contributed by atoms with E-state index in [2.05, 4.69) is 0 Å². The van der Waals surface area contributed by atoms with Gasteiger partial charge in [-0.1, -0.05) is 0 Å². The molecule has 0 aromatic carbocycles. The largest absolute Gasteiger partial charge is 0.396 e. The van der Waals surface area contributed by atoms with E-state index in [9.17, 15) is 4.79 Å². The van der Waals surface area contributed by atoms with Gasteiger partial charge in [-0.25, -0.2) is 0 Å². The third-order valence-corrected chi connectivity index (χ3v) is 2.48. The summed E-state index contributed by atoms with van der Waals surface area (Å²) in [6, 6.07) is 0. The Balaban J connectivity index is 2.40. The Bertz CT molecular complexity index is 207. The normalized spacial score (nSPS) is 22.5. The maximum absolute atomic E-state index is 11.8. The third-order valence-electron chi connectivity index (χ3n) is 2.48. The molecule has 1 N–H and O–H groups in total. The molecular weight excluding hydrogens is 196 g/mol. The van der Waals surface area contributed by atoms with Gasteiger partial charge in [0.1, 0.15) is 6.10 Å². The van der Waals surface area contributed by atoms with Crippen molar-refractivity contribution in [3.05, 3.63) is 0 Å². The molecule has 88 valence electrons. The second-order valence-corrected chi connectivity index (χ2v) is 4.00. The number of nitrogens with zero attached hydrogens (tertiary/aromatic N) is 2. The van der Waals surface area contributed by atoms with Crippen molar-refractivity contribution >= 4 is 5.91 Å². The summed E-state index contributed by atoms with van der Waals surface area (Å²) in [7, 11) is 3.96. The predicted molar refractivity (Wildman–Crippen MR) is 56.6 cm³/mol. The van der Waals surface area contributed by atoms with Crippen molar-refractivity contribution in [3.8, 4) is 0 Å². The molecule has 1 rings (SSSR count). The molecule has 1 aliphatic rings. The topological polar surface area (TPSA) is 53.0 Å². The molecule has 1 saturated heterocycles. The lowest BCUT2D eigenvalue weighted by Crippen LogP contribution is -2.49. The number of carbonyl (C=O) groups is 1. The van der Waals surface area contributed by atoms with Crippen LogP contribution in [-0.2, 0) is 9.53 Å². The number of ether oxygens (including phenoxy) is 1. The molecule has 0 aromatic heterocycles. The van der Waals surface area contributed by atoms with E-state index in [1.54, 1.807) is 0 Å². The predicted octanol–water partition coefficient (Wildman–Crippen LogP) is -0.842. The van der Waals surface area contributed by atoms with E-state index >= 15 is 0 Å². The highest BCUT2D eigenvalue weighted by molar-refractivity contribution is 5.81. The van der Waals surface area contributed by atoms with Crippen LogP contribution in [0.5, 0.6) is 0 Å². The van der Waals surface area contributed by atoms with Gasteiger partial charge in [0.2, 0.25) is 0 Å². The minimum Gasteiger partial charge on any atom is -0.396 e. The first kappa shape index (κ1) is 12.4. The van der Waals surface area contributed by atoms with Crippen LogP contribution in [0.3, 0.4) is 0 Å². The van der Waals surface area contributed by atoms with Crippen LogP contribution in [0.15, 0.2) is 0 Å². The molecular formula is C10H20N2O3. The fourth-order valence-electron chi connectivity index (χ4n) is 1.56. The molecule has 1 aliphatic heterocycles. The van der Waals surface area contributed by atoms with Gasteiger partial charge in [-0.15, -0.1) is 0 Å². The van der Waals surface area contributed by atoms with E-state index in [0.29, 0.717) is 19.6 Å². The number of aliphatic hydroxyl groups excluding tert-OH is 1. The molecule has 15 heavy (non-hydrogen) atoms. The molecule has 1 fully saturated rings. The average molecular weight is 216 g/mol. The summed E-state index contributed by atoms with van der Waals surface area (Å²) in [4.78, 5) is 15.7. The molecule has 5 nitrogen and oxygen atoms in total. The first-order valence-corrected chi connectivity index (χ1v) is 5.31. The van der Waals surface area contributed by atoms with Gasteiger partial charge in [0, 0.05) is 32.7 Å². The van der Waals surface area contributed by atoms with Gasteiger partial charge in [-0.05, 0) is 14.1 Å². The Hall–Kier alpha value is -0.650. The molecule has 0 bridgehead atoms. The maximum atomic E-state index is 11.8.